The summed E-state index contributed by atoms with van der Waals surface area (Å²) in [6.07, 6.45) is 0.468. The van der Waals surface area contributed by atoms with Gasteiger partial charge < -0.3 is 20.6 Å². The summed E-state index contributed by atoms with van der Waals surface area (Å²) in [4.78, 5) is 15.1. The molecule has 0 bridgehead atoms. The molecule has 1 unspecified atom stereocenters. The lowest BCUT2D eigenvalue weighted by Gasteiger charge is -2.37. The number of rotatable bonds is 3. The van der Waals surface area contributed by atoms with Crippen molar-refractivity contribution < 1.29 is 14.7 Å². The van der Waals surface area contributed by atoms with Crippen molar-refractivity contribution in [2.45, 2.75) is 19.4 Å². The number of hydrogen-bond acceptors (Lipinski definition) is 5. The molecular weight excluding hydrogens is 224 g/mol. The van der Waals surface area contributed by atoms with Crippen LogP contribution in [0.1, 0.15) is 13.3 Å². The number of ether oxygens (including phenoxy) is 1. The Kier molecular flexibility index (Phi) is 5.02. The molecule has 1 rings (SSSR count). The zero-order valence-electron chi connectivity index (χ0n) is 10.3. The number of hydrogen-bond donors (Lipinski definition) is 2. The lowest BCUT2D eigenvalue weighted by molar-refractivity contribution is 0.0838. The molecule has 7 heteroatoms. The van der Waals surface area contributed by atoms with Crippen molar-refractivity contribution in [2.75, 3.05) is 33.3 Å². The maximum Gasteiger partial charge on any atom is 0.409 e. The van der Waals surface area contributed by atoms with Crippen LogP contribution in [0.4, 0.5) is 4.79 Å². The molecule has 17 heavy (non-hydrogen) atoms. The second-order valence-corrected chi connectivity index (χ2v) is 3.94. The molecule has 0 spiro atoms. The van der Waals surface area contributed by atoms with Crippen LogP contribution in [0.3, 0.4) is 0 Å². The fraction of sp³-hybridized carbons (Fsp3) is 0.800. The molecule has 1 atom stereocenters. The van der Waals surface area contributed by atoms with Crippen molar-refractivity contribution in [1.82, 2.24) is 9.80 Å². The molecule has 1 heterocycles. The third kappa shape index (κ3) is 3.23. The molecule has 0 radical (unpaired) electrons. The van der Waals surface area contributed by atoms with Gasteiger partial charge in [0.15, 0.2) is 5.84 Å². The summed E-state index contributed by atoms with van der Waals surface area (Å²) in [7, 11) is 1.37. The van der Waals surface area contributed by atoms with Crippen LogP contribution in [0, 0.1) is 0 Å². The van der Waals surface area contributed by atoms with E-state index >= 15 is 0 Å². The zero-order valence-corrected chi connectivity index (χ0v) is 10.3. The van der Waals surface area contributed by atoms with E-state index in [1.165, 1.54) is 7.11 Å². The van der Waals surface area contributed by atoms with Gasteiger partial charge in [-0.15, -0.1) is 0 Å². The first-order chi connectivity index (χ1) is 8.13. The normalized spacial score (nSPS) is 20.1. The molecule has 7 nitrogen and oxygen atoms in total. The highest BCUT2D eigenvalue weighted by atomic mass is 16.5. The second kappa shape index (κ2) is 6.29. The van der Waals surface area contributed by atoms with Crippen LogP contribution >= 0.6 is 0 Å². The SMILES string of the molecule is CCC(C(N)=NO)N1CCN(C(=O)OC)CC1. The van der Waals surface area contributed by atoms with E-state index < -0.39 is 0 Å². The minimum atomic E-state index is -0.304. The number of oxime groups is 1. The Bertz CT molecular complexity index is 287. The van der Waals surface area contributed by atoms with Crippen molar-refractivity contribution in [2.24, 2.45) is 10.9 Å². The number of amides is 1. The van der Waals surface area contributed by atoms with Crippen LogP contribution in [0.15, 0.2) is 5.16 Å². The van der Waals surface area contributed by atoms with E-state index in [1.54, 1.807) is 4.90 Å². The Morgan fingerprint density at radius 1 is 1.47 bits per heavy atom. The highest BCUT2D eigenvalue weighted by molar-refractivity contribution is 5.85. The highest BCUT2D eigenvalue weighted by Gasteiger charge is 2.27. The van der Waals surface area contributed by atoms with Gasteiger partial charge in [-0.05, 0) is 6.42 Å². The summed E-state index contributed by atoms with van der Waals surface area (Å²) in [5, 5.41) is 11.7. The van der Waals surface area contributed by atoms with Crippen molar-refractivity contribution in [3.05, 3.63) is 0 Å². The molecule has 3 N–H and O–H groups in total. The second-order valence-electron chi connectivity index (χ2n) is 3.94. The smallest absolute Gasteiger partial charge is 0.409 e. The van der Waals surface area contributed by atoms with E-state index in [-0.39, 0.29) is 18.0 Å². The quantitative estimate of drug-likeness (QED) is 0.313. The van der Waals surface area contributed by atoms with Crippen molar-refractivity contribution in [1.29, 1.82) is 0 Å². The number of nitrogens with zero attached hydrogens (tertiary/aromatic N) is 3. The average Bonchev–Trinajstić information content (AvgIpc) is 2.39. The van der Waals surface area contributed by atoms with Gasteiger partial charge in [-0.1, -0.05) is 12.1 Å². The zero-order chi connectivity index (χ0) is 12.8. The third-order valence-corrected chi connectivity index (χ3v) is 3.03. The molecule has 1 aliphatic heterocycles. The minimum Gasteiger partial charge on any atom is -0.453 e. The predicted octanol–water partition coefficient (Wildman–Crippen LogP) is -0.105. The fourth-order valence-electron chi connectivity index (χ4n) is 2.07. The van der Waals surface area contributed by atoms with Crippen LogP contribution < -0.4 is 5.73 Å². The van der Waals surface area contributed by atoms with Crippen LogP contribution in [-0.4, -0.2) is 66.3 Å². The molecule has 0 aromatic rings. The number of piperazine rings is 1. The Labute approximate surface area is 101 Å². The first-order valence-electron chi connectivity index (χ1n) is 5.68. The van der Waals surface area contributed by atoms with E-state index in [9.17, 15) is 4.79 Å². The highest BCUT2D eigenvalue weighted by Crippen LogP contribution is 2.10. The van der Waals surface area contributed by atoms with E-state index in [4.69, 9.17) is 10.9 Å². The summed E-state index contributed by atoms with van der Waals surface area (Å²) >= 11 is 0. The van der Waals surface area contributed by atoms with Gasteiger partial charge in [0, 0.05) is 26.2 Å². The van der Waals surface area contributed by atoms with Crippen molar-refractivity contribution in [3.63, 3.8) is 0 Å². The summed E-state index contributed by atoms with van der Waals surface area (Å²) in [6, 6.07) is -0.0696. The van der Waals surface area contributed by atoms with E-state index in [0.29, 0.717) is 26.2 Å². The number of nitrogens with two attached hydrogens (primary N) is 1. The maximum absolute atomic E-state index is 11.3. The van der Waals surface area contributed by atoms with Gasteiger partial charge in [-0.25, -0.2) is 4.79 Å². The van der Waals surface area contributed by atoms with Gasteiger partial charge >= 0.3 is 6.09 Å². The van der Waals surface area contributed by atoms with Crippen LogP contribution in [-0.2, 0) is 4.74 Å². The van der Waals surface area contributed by atoms with Crippen molar-refractivity contribution >= 4 is 11.9 Å². The number of amidine groups is 1. The van der Waals surface area contributed by atoms with Gasteiger partial charge in [0.2, 0.25) is 0 Å². The number of methoxy groups -OCH3 is 1. The topological polar surface area (TPSA) is 91.4 Å². The van der Waals surface area contributed by atoms with E-state index in [0.717, 1.165) is 6.42 Å². The van der Waals surface area contributed by atoms with E-state index in [2.05, 4.69) is 14.8 Å². The maximum atomic E-state index is 11.3. The summed E-state index contributed by atoms with van der Waals surface area (Å²) in [5.74, 6) is 0.221. The number of carbonyl (C=O) groups excluding carboxylic acids is 1. The van der Waals surface area contributed by atoms with Crippen LogP contribution in [0.2, 0.25) is 0 Å². The molecular formula is C10H20N4O3. The Hall–Kier alpha value is -1.50. The molecule has 0 aromatic carbocycles. The first kappa shape index (κ1) is 13.6. The number of carbonyl (C=O) groups is 1. The van der Waals surface area contributed by atoms with Crippen molar-refractivity contribution in [3.8, 4) is 0 Å². The van der Waals surface area contributed by atoms with Gasteiger partial charge in [-0.3, -0.25) is 4.90 Å². The van der Waals surface area contributed by atoms with Gasteiger partial charge in [-0.2, -0.15) is 0 Å². The summed E-state index contributed by atoms with van der Waals surface area (Å²) in [6.45, 7) is 4.58. The first-order valence-corrected chi connectivity index (χ1v) is 5.68. The molecule has 1 amide bonds. The largest absolute Gasteiger partial charge is 0.453 e. The minimum absolute atomic E-state index is 0.0696. The standard InChI is InChI=1S/C10H20N4O3/c1-3-8(9(11)12-16)13-4-6-14(7-5-13)10(15)17-2/h8,16H,3-7H2,1-2H3,(H2,11,12). The molecule has 0 aromatic heterocycles. The molecule has 0 aliphatic carbocycles. The van der Waals surface area contributed by atoms with Gasteiger partial charge in [0.25, 0.3) is 0 Å². The predicted molar refractivity (Wildman–Crippen MR) is 63.0 cm³/mol. The Morgan fingerprint density at radius 2 is 2.06 bits per heavy atom. The summed E-state index contributed by atoms with van der Waals surface area (Å²) < 4.78 is 4.66. The molecule has 1 aliphatic rings. The summed E-state index contributed by atoms with van der Waals surface area (Å²) in [5.41, 5.74) is 5.63. The van der Waals surface area contributed by atoms with E-state index in [1.807, 2.05) is 6.92 Å². The fourth-order valence-corrected chi connectivity index (χ4v) is 2.07. The average molecular weight is 244 g/mol. The molecule has 0 saturated carbocycles. The molecule has 1 fully saturated rings. The Morgan fingerprint density at radius 3 is 2.47 bits per heavy atom. The van der Waals surface area contributed by atoms with Gasteiger partial charge in [0.05, 0.1) is 13.2 Å². The van der Waals surface area contributed by atoms with Gasteiger partial charge in [0.1, 0.15) is 0 Å². The lowest BCUT2D eigenvalue weighted by atomic mass is 10.1. The van der Waals surface area contributed by atoms with Crippen LogP contribution in [0.5, 0.6) is 0 Å². The lowest BCUT2D eigenvalue weighted by Crippen LogP contribution is -2.55. The molecule has 98 valence electrons. The molecule has 1 saturated heterocycles. The van der Waals surface area contributed by atoms with Crippen LogP contribution in [0.25, 0.3) is 0 Å². The monoisotopic (exact) mass is 244 g/mol. The third-order valence-electron chi connectivity index (χ3n) is 3.03. The Balaban J connectivity index is 2.53.